The van der Waals surface area contributed by atoms with Crippen molar-refractivity contribution >= 4 is 11.6 Å². The Hall–Kier alpha value is -0.570. The molecule has 0 atom stereocenters. The first-order valence-electron chi connectivity index (χ1n) is 7.98. The van der Waals surface area contributed by atoms with Gasteiger partial charge in [-0.3, -0.25) is 4.90 Å². The maximum Gasteiger partial charge on any atom is 0.0454 e. The molecule has 0 radical (unpaired) electrons. The Bertz CT molecular complexity index is 460. The molecule has 1 saturated carbocycles. The Balaban J connectivity index is 1.73. The lowest BCUT2D eigenvalue weighted by Gasteiger charge is -2.28. The molecule has 1 saturated heterocycles. The van der Waals surface area contributed by atoms with Crippen molar-refractivity contribution in [2.45, 2.75) is 57.0 Å². The van der Waals surface area contributed by atoms with Crippen LogP contribution in [0.4, 0.5) is 0 Å². The van der Waals surface area contributed by atoms with Crippen molar-refractivity contribution in [1.29, 1.82) is 0 Å². The van der Waals surface area contributed by atoms with E-state index in [1.54, 1.807) is 0 Å². The molecular weight excluding hydrogens is 268 g/mol. The van der Waals surface area contributed by atoms with Gasteiger partial charge < -0.3 is 5.73 Å². The maximum atomic E-state index is 6.51. The van der Waals surface area contributed by atoms with Gasteiger partial charge in [0.1, 0.15) is 0 Å². The predicted octanol–water partition coefficient (Wildman–Crippen LogP) is 4.05. The second kappa shape index (κ2) is 6.05. The van der Waals surface area contributed by atoms with E-state index in [1.807, 2.05) is 0 Å². The zero-order valence-corrected chi connectivity index (χ0v) is 13.0. The van der Waals surface area contributed by atoms with Crippen molar-refractivity contribution in [3.05, 3.63) is 34.3 Å². The number of likely N-dealkylation sites (tertiary alicyclic amines) is 1. The Kier molecular flexibility index (Phi) is 4.34. The highest BCUT2D eigenvalue weighted by atomic mass is 35.5. The van der Waals surface area contributed by atoms with E-state index in [1.165, 1.54) is 56.3 Å². The van der Waals surface area contributed by atoms with Crippen molar-refractivity contribution < 1.29 is 0 Å². The molecule has 1 aromatic rings. The smallest absolute Gasteiger partial charge is 0.0454 e. The molecule has 2 nitrogen and oxygen atoms in total. The average Bonchev–Trinajstić information content (AvgIpc) is 2.90. The molecule has 2 fully saturated rings. The van der Waals surface area contributed by atoms with Gasteiger partial charge in [0.2, 0.25) is 0 Å². The van der Waals surface area contributed by atoms with Gasteiger partial charge in [0.25, 0.3) is 0 Å². The maximum absolute atomic E-state index is 6.51. The van der Waals surface area contributed by atoms with Crippen LogP contribution in [0.25, 0.3) is 0 Å². The third-order valence-electron chi connectivity index (χ3n) is 4.97. The summed E-state index contributed by atoms with van der Waals surface area (Å²) >= 11 is 6.51. The number of piperidine rings is 1. The first-order valence-corrected chi connectivity index (χ1v) is 8.35. The average molecular weight is 293 g/mol. The van der Waals surface area contributed by atoms with Crippen LogP contribution in [0.1, 0.15) is 56.1 Å². The zero-order valence-electron chi connectivity index (χ0n) is 12.2. The van der Waals surface area contributed by atoms with Gasteiger partial charge in [-0.1, -0.05) is 43.0 Å². The van der Waals surface area contributed by atoms with Crippen molar-refractivity contribution in [3.63, 3.8) is 0 Å². The number of nitrogens with two attached hydrogens (primary N) is 1. The monoisotopic (exact) mass is 292 g/mol. The molecule has 2 aliphatic rings. The minimum Gasteiger partial charge on any atom is -0.321 e. The topological polar surface area (TPSA) is 29.3 Å². The van der Waals surface area contributed by atoms with Crippen LogP contribution >= 0.6 is 11.6 Å². The van der Waals surface area contributed by atoms with Crippen LogP contribution in [0.2, 0.25) is 5.02 Å². The third-order valence-corrected chi connectivity index (χ3v) is 5.32. The number of hydrogen-bond acceptors (Lipinski definition) is 2. The minimum atomic E-state index is -0.132. The van der Waals surface area contributed by atoms with Gasteiger partial charge >= 0.3 is 0 Å². The van der Waals surface area contributed by atoms with Crippen LogP contribution in [0.5, 0.6) is 0 Å². The van der Waals surface area contributed by atoms with Crippen LogP contribution in [0, 0.1) is 0 Å². The molecule has 20 heavy (non-hydrogen) atoms. The first-order chi connectivity index (χ1) is 9.67. The van der Waals surface area contributed by atoms with E-state index in [2.05, 4.69) is 23.1 Å². The van der Waals surface area contributed by atoms with E-state index < -0.39 is 0 Å². The van der Waals surface area contributed by atoms with Crippen LogP contribution in [-0.4, -0.2) is 18.0 Å². The molecule has 0 unspecified atom stereocenters. The molecular formula is C17H25ClN2. The largest absolute Gasteiger partial charge is 0.321 e. The van der Waals surface area contributed by atoms with Gasteiger partial charge in [0, 0.05) is 17.1 Å². The molecule has 0 spiro atoms. The normalized spacial score (nSPS) is 23.1. The summed E-state index contributed by atoms with van der Waals surface area (Å²) in [7, 11) is 0. The summed E-state index contributed by atoms with van der Waals surface area (Å²) in [5.41, 5.74) is 8.86. The molecule has 1 aliphatic heterocycles. The standard InChI is InChI=1S/C17H25ClN2/c18-16-12-15(17(19)8-2-3-9-17)7-6-14(16)13-20-10-4-1-5-11-20/h6-7,12H,1-5,8-11,13,19H2. The van der Waals surface area contributed by atoms with E-state index in [-0.39, 0.29) is 5.54 Å². The van der Waals surface area contributed by atoms with Crippen molar-refractivity contribution in [2.24, 2.45) is 5.73 Å². The van der Waals surface area contributed by atoms with E-state index in [0.717, 1.165) is 24.4 Å². The van der Waals surface area contributed by atoms with E-state index in [9.17, 15) is 0 Å². The Morgan fingerprint density at radius 1 is 1.05 bits per heavy atom. The SMILES string of the molecule is NC1(c2ccc(CN3CCCCC3)c(Cl)c2)CCCC1. The lowest BCUT2D eigenvalue weighted by atomic mass is 9.89. The van der Waals surface area contributed by atoms with E-state index >= 15 is 0 Å². The highest BCUT2D eigenvalue weighted by Crippen LogP contribution is 2.37. The zero-order chi connectivity index (χ0) is 14.0. The third kappa shape index (κ3) is 3.03. The molecule has 1 heterocycles. The second-order valence-corrected chi connectivity index (χ2v) is 6.91. The fraction of sp³-hybridized carbons (Fsp3) is 0.647. The van der Waals surface area contributed by atoms with E-state index in [4.69, 9.17) is 17.3 Å². The van der Waals surface area contributed by atoms with Gasteiger partial charge in [-0.25, -0.2) is 0 Å². The number of hydrogen-bond donors (Lipinski definition) is 1. The molecule has 110 valence electrons. The molecule has 0 amide bonds. The fourth-order valence-corrected chi connectivity index (χ4v) is 3.88. The molecule has 2 N–H and O–H groups in total. The summed E-state index contributed by atoms with van der Waals surface area (Å²) < 4.78 is 0. The minimum absolute atomic E-state index is 0.132. The molecule has 3 heteroatoms. The molecule has 1 aromatic carbocycles. The molecule has 0 aromatic heterocycles. The fourth-order valence-electron chi connectivity index (χ4n) is 3.64. The van der Waals surface area contributed by atoms with Gasteiger partial charge in [-0.2, -0.15) is 0 Å². The van der Waals surface area contributed by atoms with Crippen LogP contribution in [-0.2, 0) is 12.1 Å². The lowest BCUT2D eigenvalue weighted by molar-refractivity contribution is 0.221. The van der Waals surface area contributed by atoms with Crippen molar-refractivity contribution in [2.75, 3.05) is 13.1 Å². The van der Waals surface area contributed by atoms with Crippen molar-refractivity contribution in [3.8, 4) is 0 Å². The number of nitrogens with zero attached hydrogens (tertiary/aromatic N) is 1. The van der Waals surface area contributed by atoms with E-state index in [0.29, 0.717) is 0 Å². The Morgan fingerprint density at radius 3 is 2.40 bits per heavy atom. The lowest BCUT2D eigenvalue weighted by Crippen LogP contribution is -2.33. The number of benzene rings is 1. The summed E-state index contributed by atoms with van der Waals surface area (Å²) in [6.45, 7) is 3.40. The van der Waals surface area contributed by atoms with Crippen LogP contribution in [0.15, 0.2) is 18.2 Å². The first kappa shape index (κ1) is 14.4. The summed E-state index contributed by atoms with van der Waals surface area (Å²) in [5, 5.41) is 0.893. The Labute approximate surface area is 127 Å². The summed E-state index contributed by atoms with van der Waals surface area (Å²) in [4.78, 5) is 2.51. The Morgan fingerprint density at radius 2 is 1.75 bits per heavy atom. The molecule has 1 aliphatic carbocycles. The van der Waals surface area contributed by atoms with Gasteiger partial charge in [0.05, 0.1) is 0 Å². The summed E-state index contributed by atoms with van der Waals surface area (Å²) in [5.74, 6) is 0. The number of rotatable bonds is 3. The molecule has 0 bridgehead atoms. The molecule has 3 rings (SSSR count). The van der Waals surface area contributed by atoms with Gasteiger partial charge in [-0.05, 0) is 56.0 Å². The van der Waals surface area contributed by atoms with Crippen molar-refractivity contribution in [1.82, 2.24) is 4.90 Å². The number of halogens is 1. The van der Waals surface area contributed by atoms with Gasteiger partial charge in [-0.15, -0.1) is 0 Å². The van der Waals surface area contributed by atoms with Crippen LogP contribution in [0.3, 0.4) is 0 Å². The highest BCUT2D eigenvalue weighted by molar-refractivity contribution is 6.31. The summed E-state index contributed by atoms with van der Waals surface area (Å²) in [6, 6.07) is 6.52. The predicted molar refractivity (Wildman–Crippen MR) is 84.9 cm³/mol. The van der Waals surface area contributed by atoms with Crippen LogP contribution < -0.4 is 5.73 Å². The second-order valence-electron chi connectivity index (χ2n) is 6.51. The van der Waals surface area contributed by atoms with Gasteiger partial charge in [0.15, 0.2) is 0 Å². The highest BCUT2D eigenvalue weighted by Gasteiger charge is 2.31. The quantitative estimate of drug-likeness (QED) is 0.910. The summed E-state index contributed by atoms with van der Waals surface area (Å²) in [6.07, 6.45) is 8.68.